The third kappa shape index (κ3) is 3.85. The number of hydrogen-bond donors (Lipinski definition) is 1. The van der Waals surface area contributed by atoms with E-state index in [-0.39, 0.29) is 29.2 Å². The highest BCUT2D eigenvalue weighted by molar-refractivity contribution is 7.07. The van der Waals surface area contributed by atoms with Gasteiger partial charge in [-0.2, -0.15) is 0 Å². The number of aromatic nitrogens is 1. The second-order valence-corrected chi connectivity index (χ2v) is 8.14. The molecule has 8 heteroatoms. The van der Waals surface area contributed by atoms with E-state index >= 15 is 0 Å². The van der Waals surface area contributed by atoms with Crippen LogP contribution in [0.25, 0.3) is 11.8 Å². The first kappa shape index (κ1) is 21.6. The molecule has 0 saturated heterocycles. The lowest BCUT2D eigenvalue weighted by Crippen LogP contribution is -2.35. The molecule has 32 heavy (non-hydrogen) atoms. The largest absolute Gasteiger partial charge is 0.504 e. The average Bonchev–Trinajstić information content (AvgIpc) is 3.10. The molecule has 0 fully saturated rings. The molecule has 2 heterocycles. The van der Waals surface area contributed by atoms with Crippen molar-refractivity contribution in [2.45, 2.75) is 19.9 Å². The summed E-state index contributed by atoms with van der Waals surface area (Å²) in [6.07, 6.45) is 1.81. The third-order valence-electron chi connectivity index (χ3n) is 5.16. The second kappa shape index (κ2) is 8.84. The fraction of sp³-hybridized carbons (Fsp3) is 0.208. The van der Waals surface area contributed by atoms with Crippen molar-refractivity contribution in [3.05, 3.63) is 84.9 Å². The Labute approximate surface area is 188 Å². The van der Waals surface area contributed by atoms with Crippen molar-refractivity contribution in [2.75, 3.05) is 13.7 Å². The molecule has 1 atom stereocenters. The second-order valence-electron chi connectivity index (χ2n) is 7.13. The smallest absolute Gasteiger partial charge is 0.338 e. The summed E-state index contributed by atoms with van der Waals surface area (Å²) in [7, 11) is 1.45. The number of esters is 1. The van der Waals surface area contributed by atoms with Gasteiger partial charge in [0.15, 0.2) is 16.3 Å². The lowest BCUT2D eigenvalue weighted by molar-refractivity contribution is -0.138. The quantitative estimate of drug-likeness (QED) is 0.604. The predicted molar refractivity (Wildman–Crippen MR) is 122 cm³/mol. The molecule has 1 aliphatic heterocycles. The van der Waals surface area contributed by atoms with Gasteiger partial charge < -0.3 is 14.6 Å². The lowest BCUT2D eigenvalue weighted by Gasteiger charge is -2.22. The molecule has 7 nitrogen and oxygen atoms in total. The van der Waals surface area contributed by atoms with Crippen LogP contribution in [-0.4, -0.2) is 29.4 Å². The van der Waals surface area contributed by atoms with E-state index in [0.717, 1.165) is 5.56 Å². The van der Waals surface area contributed by atoms with Gasteiger partial charge in [0.2, 0.25) is 0 Å². The van der Waals surface area contributed by atoms with E-state index in [1.54, 1.807) is 26.0 Å². The molecule has 2 aromatic carbocycles. The third-order valence-corrected chi connectivity index (χ3v) is 6.14. The number of allylic oxidation sites excluding steroid dienone is 1. The number of carbonyl (C=O) groups excluding carboxylic acids is 1. The van der Waals surface area contributed by atoms with E-state index in [1.807, 2.05) is 36.4 Å². The first-order chi connectivity index (χ1) is 15.4. The van der Waals surface area contributed by atoms with Gasteiger partial charge in [0.1, 0.15) is 6.04 Å². The molecule has 1 N–H and O–H groups in total. The van der Waals surface area contributed by atoms with Crippen LogP contribution in [0.15, 0.2) is 63.9 Å². The minimum atomic E-state index is -0.703. The van der Waals surface area contributed by atoms with E-state index in [9.17, 15) is 14.7 Å². The number of methoxy groups -OCH3 is 1. The Balaban J connectivity index is 1.96. The van der Waals surface area contributed by atoms with Crippen molar-refractivity contribution in [1.82, 2.24) is 4.57 Å². The molecule has 0 spiro atoms. The van der Waals surface area contributed by atoms with Crippen molar-refractivity contribution < 1.29 is 19.4 Å². The molecule has 4 rings (SSSR count). The van der Waals surface area contributed by atoms with Crippen LogP contribution in [0.1, 0.15) is 31.0 Å². The van der Waals surface area contributed by atoms with Crippen molar-refractivity contribution >= 4 is 29.1 Å². The summed E-state index contributed by atoms with van der Waals surface area (Å²) in [6, 6.07) is 13.6. The van der Waals surface area contributed by atoms with Crippen LogP contribution >= 0.6 is 11.3 Å². The van der Waals surface area contributed by atoms with Gasteiger partial charge in [-0.1, -0.05) is 47.7 Å². The number of phenols is 1. The van der Waals surface area contributed by atoms with Crippen LogP contribution in [0, 0.1) is 0 Å². The van der Waals surface area contributed by atoms with E-state index < -0.39 is 12.0 Å². The zero-order valence-electron chi connectivity index (χ0n) is 17.9. The van der Waals surface area contributed by atoms with Crippen LogP contribution in [-0.2, 0) is 9.53 Å². The van der Waals surface area contributed by atoms with Crippen molar-refractivity contribution in [2.24, 2.45) is 4.99 Å². The van der Waals surface area contributed by atoms with Gasteiger partial charge in [0.25, 0.3) is 5.56 Å². The van der Waals surface area contributed by atoms with Crippen molar-refractivity contribution in [1.29, 1.82) is 0 Å². The minimum Gasteiger partial charge on any atom is -0.504 e. The summed E-state index contributed by atoms with van der Waals surface area (Å²) in [6.45, 7) is 3.64. The number of nitrogens with zero attached hydrogens (tertiary/aromatic N) is 2. The summed E-state index contributed by atoms with van der Waals surface area (Å²) in [5, 5.41) is 9.98. The number of benzene rings is 2. The molecule has 0 bridgehead atoms. The summed E-state index contributed by atoms with van der Waals surface area (Å²) in [5.41, 5.74) is 2.05. The fourth-order valence-electron chi connectivity index (χ4n) is 3.62. The minimum absolute atomic E-state index is 0.0155. The van der Waals surface area contributed by atoms with Crippen molar-refractivity contribution in [3.63, 3.8) is 0 Å². The van der Waals surface area contributed by atoms with Crippen LogP contribution in [0.5, 0.6) is 11.5 Å². The molecule has 0 unspecified atom stereocenters. The number of ether oxygens (including phenoxy) is 2. The lowest BCUT2D eigenvalue weighted by atomic mass is 9.96. The topological polar surface area (TPSA) is 90.1 Å². The Kier molecular flexibility index (Phi) is 5.96. The summed E-state index contributed by atoms with van der Waals surface area (Å²) in [5.74, 6) is -0.285. The molecule has 0 saturated carbocycles. The standard InChI is InChI=1S/C24H22N2O5S/c1-4-31-23(29)20-14(2)26-22(28)19(12-15-8-6-5-7-9-15)32-24(26)25-21(20)16-10-11-17(27)18(13-16)30-3/h5-13,21,27H,4H2,1-3H3/b19-12-/t21-/m1/s1. The molecule has 0 amide bonds. The molecule has 1 aromatic heterocycles. The zero-order valence-corrected chi connectivity index (χ0v) is 18.7. The van der Waals surface area contributed by atoms with Gasteiger partial charge in [-0.25, -0.2) is 9.79 Å². The Hall–Kier alpha value is -3.65. The number of carbonyl (C=O) groups is 1. The van der Waals surface area contributed by atoms with Crippen LogP contribution in [0.3, 0.4) is 0 Å². The Morgan fingerprint density at radius 3 is 2.69 bits per heavy atom. The van der Waals surface area contributed by atoms with Gasteiger partial charge in [0, 0.05) is 5.70 Å². The monoisotopic (exact) mass is 450 g/mol. The normalized spacial score (nSPS) is 15.8. The first-order valence-corrected chi connectivity index (χ1v) is 10.9. The Bertz CT molecular complexity index is 1390. The van der Waals surface area contributed by atoms with E-state index in [4.69, 9.17) is 14.5 Å². The summed E-state index contributed by atoms with van der Waals surface area (Å²) in [4.78, 5) is 31.3. The van der Waals surface area contributed by atoms with Gasteiger partial charge in [-0.05, 0) is 43.2 Å². The van der Waals surface area contributed by atoms with Gasteiger partial charge >= 0.3 is 5.97 Å². The number of fused-ring (bicyclic) bond motifs is 1. The number of hydrogen-bond acceptors (Lipinski definition) is 7. The van der Waals surface area contributed by atoms with Crippen LogP contribution in [0.4, 0.5) is 0 Å². The number of aromatic hydroxyl groups is 1. The summed E-state index contributed by atoms with van der Waals surface area (Å²) < 4.78 is 12.5. The maximum atomic E-state index is 13.2. The van der Waals surface area contributed by atoms with Crippen LogP contribution in [0.2, 0.25) is 0 Å². The van der Waals surface area contributed by atoms with Gasteiger partial charge in [0.05, 0.1) is 23.8 Å². The summed E-state index contributed by atoms with van der Waals surface area (Å²) >= 11 is 1.26. The average molecular weight is 451 g/mol. The SMILES string of the molecule is CCOC(=O)C1=C(C)n2c(s/c(=C\c3ccccc3)c2=O)=N[C@@H]1c1ccc(O)c(OC)c1. The zero-order chi connectivity index (χ0) is 22.8. The highest BCUT2D eigenvalue weighted by Gasteiger charge is 2.31. The highest BCUT2D eigenvalue weighted by atomic mass is 32.1. The van der Waals surface area contributed by atoms with Crippen molar-refractivity contribution in [3.8, 4) is 11.5 Å². The first-order valence-electron chi connectivity index (χ1n) is 10.1. The predicted octanol–water partition coefficient (Wildman–Crippen LogP) is 2.62. The highest BCUT2D eigenvalue weighted by Crippen LogP contribution is 2.36. The number of thiazole rings is 1. The number of rotatable bonds is 5. The van der Waals surface area contributed by atoms with Crippen LogP contribution < -0.4 is 19.6 Å². The molecule has 1 aliphatic rings. The molecule has 164 valence electrons. The van der Waals surface area contributed by atoms with Gasteiger partial charge in [-0.15, -0.1) is 0 Å². The molecule has 0 radical (unpaired) electrons. The molecular formula is C24H22N2O5S. The van der Waals surface area contributed by atoms with Gasteiger partial charge in [-0.3, -0.25) is 9.36 Å². The van der Waals surface area contributed by atoms with E-state index in [0.29, 0.717) is 20.6 Å². The maximum absolute atomic E-state index is 13.2. The number of phenolic OH excluding ortho intramolecular Hbond substituents is 1. The molecular weight excluding hydrogens is 428 g/mol. The fourth-order valence-corrected chi connectivity index (χ4v) is 4.66. The molecule has 0 aliphatic carbocycles. The van der Waals surface area contributed by atoms with E-state index in [2.05, 4.69) is 0 Å². The Morgan fingerprint density at radius 1 is 1.25 bits per heavy atom. The maximum Gasteiger partial charge on any atom is 0.338 e. The Morgan fingerprint density at radius 2 is 2.00 bits per heavy atom. The van der Waals surface area contributed by atoms with E-state index in [1.165, 1.54) is 29.1 Å². The molecule has 3 aromatic rings.